The zero-order chi connectivity index (χ0) is 11.6. The maximum atomic E-state index is 11.4. The molecule has 2 aliphatic carbocycles. The van der Waals surface area contributed by atoms with Gasteiger partial charge in [0.2, 0.25) is 10.0 Å². The van der Waals surface area contributed by atoms with Gasteiger partial charge in [0.25, 0.3) is 0 Å². The molecule has 0 aromatic rings. The lowest BCUT2D eigenvalue weighted by molar-refractivity contribution is 0.166. The van der Waals surface area contributed by atoms with Crippen LogP contribution in [0.4, 0.5) is 0 Å². The van der Waals surface area contributed by atoms with Crippen molar-refractivity contribution in [3.05, 3.63) is 12.2 Å². The number of nitrogens with one attached hydrogen (secondary N) is 2. The molecule has 1 saturated carbocycles. The first-order valence-corrected chi connectivity index (χ1v) is 7.65. The lowest BCUT2D eigenvalue weighted by Gasteiger charge is -2.40. The van der Waals surface area contributed by atoms with Crippen LogP contribution in [0.3, 0.4) is 0 Å². The van der Waals surface area contributed by atoms with Gasteiger partial charge in [0.1, 0.15) is 0 Å². The maximum absolute atomic E-state index is 11.4. The van der Waals surface area contributed by atoms with Gasteiger partial charge < -0.3 is 5.32 Å². The molecule has 0 spiro atoms. The van der Waals surface area contributed by atoms with E-state index in [1.807, 2.05) is 0 Å². The van der Waals surface area contributed by atoms with Crippen molar-refractivity contribution in [1.82, 2.24) is 10.0 Å². The van der Waals surface area contributed by atoms with E-state index in [9.17, 15) is 8.42 Å². The van der Waals surface area contributed by atoms with Gasteiger partial charge in [0.15, 0.2) is 0 Å². The minimum Gasteiger partial charge on any atom is -0.312 e. The Balaban J connectivity index is 1.67. The molecule has 0 radical (unpaired) electrons. The Labute approximate surface area is 97.5 Å². The highest BCUT2D eigenvalue weighted by molar-refractivity contribution is 7.89. The van der Waals surface area contributed by atoms with Crippen LogP contribution < -0.4 is 10.0 Å². The van der Waals surface area contributed by atoms with Gasteiger partial charge in [-0.05, 0) is 24.7 Å². The molecule has 0 heterocycles. The van der Waals surface area contributed by atoms with Crippen LogP contribution in [0.25, 0.3) is 0 Å². The van der Waals surface area contributed by atoms with Crippen LogP contribution in [-0.4, -0.2) is 33.3 Å². The quantitative estimate of drug-likeness (QED) is 0.668. The van der Waals surface area contributed by atoms with Crippen LogP contribution in [0.1, 0.15) is 19.8 Å². The molecule has 0 aliphatic heterocycles. The van der Waals surface area contributed by atoms with Crippen molar-refractivity contribution in [1.29, 1.82) is 0 Å². The smallest absolute Gasteiger partial charge is 0.212 e. The molecule has 2 rings (SSSR count). The van der Waals surface area contributed by atoms with E-state index in [1.165, 1.54) is 12.8 Å². The number of hydrogen-bond donors (Lipinski definition) is 2. The standard InChI is InChI=1S/C11H20N2O2S/c1-2-13-16(14,15)7-6-12-11-8-9-4-3-5-10(9)11/h3,5,9-13H,2,4,6-8H2,1H3. The van der Waals surface area contributed by atoms with Crippen molar-refractivity contribution < 1.29 is 8.42 Å². The second-order valence-corrected chi connectivity index (χ2v) is 6.54. The summed E-state index contributed by atoms with van der Waals surface area (Å²) in [7, 11) is -3.06. The van der Waals surface area contributed by atoms with Gasteiger partial charge in [-0.2, -0.15) is 0 Å². The third-order valence-corrected chi connectivity index (χ3v) is 4.97. The Kier molecular flexibility index (Phi) is 3.66. The summed E-state index contributed by atoms with van der Waals surface area (Å²) >= 11 is 0. The van der Waals surface area contributed by atoms with Gasteiger partial charge in [-0.1, -0.05) is 19.1 Å². The summed E-state index contributed by atoms with van der Waals surface area (Å²) < 4.78 is 25.3. The van der Waals surface area contributed by atoms with Gasteiger partial charge in [-0.15, -0.1) is 0 Å². The van der Waals surface area contributed by atoms with Crippen molar-refractivity contribution in [2.75, 3.05) is 18.8 Å². The lowest BCUT2D eigenvalue weighted by atomic mass is 9.71. The predicted molar refractivity (Wildman–Crippen MR) is 64.6 cm³/mol. The van der Waals surface area contributed by atoms with Crippen molar-refractivity contribution in [2.45, 2.75) is 25.8 Å². The van der Waals surface area contributed by atoms with E-state index in [1.54, 1.807) is 6.92 Å². The average molecular weight is 244 g/mol. The summed E-state index contributed by atoms with van der Waals surface area (Å²) in [4.78, 5) is 0. The second kappa shape index (κ2) is 4.85. The first-order chi connectivity index (χ1) is 7.62. The van der Waals surface area contributed by atoms with Crippen LogP contribution in [-0.2, 0) is 10.0 Å². The molecule has 3 unspecified atom stereocenters. The molecule has 3 atom stereocenters. The molecule has 0 saturated heterocycles. The average Bonchev–Trinajstić information content (AvgIpc) is 2.54. The number of allylic oxidation sites excluding steroid dienone is 1. The summed E-state index contributed by atoms with van der Waals surface area (Å²) in [5.41, 5.74) is 0. The molecule has 5 heteroatoms. The summed E-state index contributed by atoms with van der Waals surface area (Å²) in [6.45, 7) is 2.82. The predicted octanol–water partition coefficient (Wildman–Crippen LogP) is 0.480. The molecule has 0 amide bonds. The normalized spacial score (nSPS) is 32.4. The SMILES string of the molecule is CCNS(=O)(=O)CCNC1CC2CC=CC21. The van der Waals surface area contributed by atoms with E-state index in [-0.39, 0.29) is 5.75 Å². The molecule has 2 N–H and O–H groups in total. The molecule has 0 aromatic carbocycles. The van der Waals surface area contributed by atoms with E-state index in [0.717, 1.165) is 5.92 Å². The number of sulfonamides is 1. The van der Waals surface area contributed by atoms with Gasteiger partial charge in [-0.3, -0.25) is 0 Å². The Morgan fingerprint density at radius 3 is 2.94 bits per heavy atom. The molecule has 4 nitrogen and oxygen atoms in total. The third kappa shape index (κ3) is 2.64. The topological polar surface area (TPSA) is 58.2 Å². The molecule has 1 fully saturated rings. The number of fused-ring (bicyclic) bond motifs is 1. The van der Waals surface area contributed by atoms with Crippen LogP contribution in [0.2, 0.25) is 0 Å². The third-order valence-electron chi connectivity index (χ3n) is 3.50. The Morgan fingerprint density at radius 1 is 1.44 bits per heavy atom. The van der Waals surface area contributed by atoms with Gasteiger partial charge >= 0.3 is 0 Å². The molecule has 0 bridgehead atoms. The fourth-order valence-corrected chi connectivity index (χ4v) is 3.59. The molecular formula is C11H20N2O2S. The van der Waals surface area contributed by atoms with Gasteiger partial charge in [0.05, 0.1) is 5.75 Å². The van der Waals surface area contributed by atoms with Crippen molar-refractivity contribution in [3.8, 4) is 0 Å². The number of hydrogen-bond acceptors (Lipinski definition) is 3. The van der Waals surface area contributed by atoms with Crippen LogP contribution in [0.5, 0.6) is 0 Å². The van der Waals surface area contributed by atoms with Crippen molar-refractivity contribution in [3.63, 3.8) is 0 Å². The fraction of sp³-hybridized carbons (Fsp3) is 0.818. The summed E-state index contributed by atoms with van der Waals surface area (Å²) in [6.07, 6.45) is 6.91. The molecular weight excluding hydrogens is 224 g/mol. The summed E-state index contributed by atoms with van der Waals surface area (Å²) in [5, 5.41) is 3.33. The van der Waals surface area contributed by atoms with Crippen molar-refractivity contribution >= 4 is 10.0 Å². The molecule has 2 aliphatic rings. The largest absolute Gasteiger partial charge is 0.312 e. The first-order valence-electron chi connectivity index (χ1n) is 6.00. The summed E-state index contributed by atoms with van der Waals surface area (Å²) in [6, 6.07) is 0.501. The molecule has 16 heavy (non-hydrogen) atoms. The highest BCUT2D eigenvalue weighted by Crippen LogP contribution is 2.42. The fourth-order valence-electron chi connectivity index (χ4n) is 2.62. The van der Waals surface area contributed by atoms with E-state index in [0.29, 0.717) is 25.0 Å². The first kappa shape index (κ1) is 12.1. The number of rotatable bonds is 6. The minimum absolute atomic E-state index is 0.179. The minimum atomic E-state index is -3.06. The molecule has 0 aromatic heterocycles. The highest BCUT2D eigenvalue weighted by Gasteiger charge is 2.40. The Hall–Kier alpha value is -0.390. The van der Waals surface area contributed by atoms with Crippen LogP contribution in [0, 0.1) is 11.8 Å². The van der Waals surface area contributed by atoms with E-state index in [2.05, 4.69) is 22.2 Å². The maximum Gasteiger partial charge on any atom is 0.212 e. The molecule has 92 valence electrons. The van der Waals surface area contributed by atoms with Crippen LogP contribution >= 0.6 is 0 Å². The van der Waals surface area contributed by atoms with Crippen LogP contribution in [0.15, 0.2) is 12.2 Å². The van der Waals surface area contributed by atoms with Gasteiger partial charge in [-0.25, -0.2) is 13.1 Å². The zero-order valence-electron chi connectivity index (χ0n) is 9.65. The van der Waals surface area contributed by atoms with E-state index in [4.69, 9.17) is 0 Å². The van der Waals surface area contributed by atoms with E-state index < -0.39 is 10.0 Å². The highest BCUT2D eigenvalue weighted by atomic mass is 32.2. The van der Waals surface area contributed by atoms with E-state index >= 15 is 0 Å². The van der Waals surface area contributed by atoms with Gasteiger partial charge in [0, 0.05) is 19.1 Å². The monoisotopic (exact) mass is 244 g/mol. The van der Waals surface area contributed by atoms with Crippen molar-refractivity contribution in [2.24, 2.45) is 11.8 Å². The second-order valence-electron chi connectivity index (χ2n) is 4.61. The Morgan fingerprint density at radius 2 is 2.25 bits per heavy atom. The zero-order valence-corrected chi connectivity index (χ0v) is 10.5. The Bertz CT molecular complexity index is 364. The lowest BCUT2D eigenvalue weighted by Crippen LogP contribution is -2.49. The summed E-state index contributed by atoms with van der Waals surface area (Å²) in [5.74, 6) is 1.66.